The van der Waals surface area contributed by atoms with Gasteiger partial charge in [0.05, 0.1) is 4.92 Å². The van der Waals surface area contributed by atoms with Crippen molar-refractivity contribution < 1.29 is 9.72 Å². The minimum atomic E-state index is -0.400. The molecule has 11 heteroatoms. The molecule has 2 aromatic carbocycles. The largest absolute Gasteiger partial charge is 0.368 e. The highest BCUT2D eigenvalue weighted by Crippen LogP contribution is 2.23. The van der Waals surface area contributed by atoms with Gasteiger partial charge < -0.3 is 14.7 Å². The van der Waals surface area contributed by atoms with E-state index in [1.807, 2.05) is 29.2 Å². The summed E-state index contributed by atoms with van der Waals surface area (Å²) in [5, 5.41) is 12.4. The summed E-state index contributed by atoms with van der Waals surface area (Å²) in [6, 6.07) is 14.4. The van der Waals surface area contributed by atoms with Gasteiger partial charge in [-0.05, 0) is 43.7 Å². The Morgan fingerprint density at radius 3 is 2.39 bits per heavy atom. The van der Waals surface area contributed by atoms with Crippen LogP contribution in [0.1, 0.15) is 31.7 Å². The molecule has 1 saturated heterocycles. The molecule has 0 spiro atoms. The van der Waals surface area contributed by atoms with Crippen molar-refractivity contribution in [2.45, 2.75) is 32.7 Å². The van der Waals surface area contributed by atoms with E-state index in [4.69, 9.17) is 16.6 Å². The number of benzene rings is 2. The predicted molar refractivity (Wildman–Crippen MR) is 143 cm³/mol. The number of anilines is 2. The van der Waals surface area contributed by atoms with Crippen molar-refractivity contribution in [2.24, 2.45) is 0 Å². The Labute approximate surface area is 219 Å². The Morgan fingerprint density at radius 2 is 1.78 bits per heavy atom. The van der Waals surface area contributed by atoms with Gasteiger partial charge in [-0.2, -0.15) is 4.37 Å². The smallest absolute Gasteiger partial charge is 0.269 e. The molecule has 3 aromatic rings. The van der Waals surface area contributed by atoms with Gasteiger partial charge in [-0.15, -0.1) is 0 Å². The fraction of sp³-hybridized carbons (Fsp3) is 0.400. The Kier molecular flexibility index (Phi) is 8.37. The molecule has 0 atom stereocenters. The van der Waals surface area contributed by atoms with Gasteiger partial charge in [-0.3, -0.25) is 14.9 Å². The molecule has 1 aliphatic heterocycles. The fourth-order valence-corrected chi connectivity index (χ4v) is 5.14. The van der Waals surface area contributed by atoms with Crippen molar-refractivity contribution in [1.82, 2.24) is 14.3 Å². The first kappa shape index (κ1) is 25.8. The molecule has 190 valence electrons. The van der Waals surface area contributed by atoms with Crippen LogP contribution in [0.4, 0.5) is 16.5 Å². The minimum Gasteiger partial charge on any atom is -0.368 e. The van der Waals surface area contributed by atoms with Crippen LogP contribution in [0.15, 0.2) is 48.5 Å². The van der Waals surface area contributed by atoms with Crippen LogP contribution in [0.5, 0.6) is 0 Å². The topological polar surface area (TPSA) is 95.7 Å². The maximum Gasteiger partial charge on any atom is 0.269 e. The van der Waals surface area contributed by atoms with Crippen molar-refractivity contribution in [2.75, 3.05) is 42.5 Å². The minimum absolute atomic E-state index is 0.0785. The first-order chi connectivity index (χ1) is 17.3. The molecule has 0 aliphatic carbocycles. The van der Waals surface area contributed by atoms with Crippen LogP contribution in [0.3, 0.4) is 0 Å². The normalized spacial score (nSPS) is 13.8. The number of nitro groups is 1. The van der Waals surface area contributed by atoms with E-state index >= 15 is 0 Å². The Morgan fingerprint density at radius 1 is 1.11 bits per heavy atom. The molecule has 0 saturated carbocycles. The molecule has 0 N–H and O–H groups in total. The average Bonchev–Trinajstić information content (AvgIpc) is 3.33. The van der Waals surface area contributed by atoms with Crippen molar-refractivity contribution in [1.29, 1.82) is 0 Å². The summed E-state index contributed by atoms with van der Waals surface area (Å²) in [5.74, 6) is 0.881. The van der Waals surface area contributed by atoms with E-state index in [1.165, 1.54) is 23.7 Å². The van der Waals surface area contributed by atoms with Gasteiger partial charge >= 0.3 is 0 Å². The summed E-state index contributed by atoms with van der Waals surface area (Å²) in [7, 11) is 0. The van der Waals surface area contributed by atoms with Crippen molar-refractivity contribution in [3.05, 3.63) is 75.1 Å². The van der Waals surface area contributed by atoms with Gasteiger partial charge in [-0.25, -0.2) is 4.98 Å². The molecule has 1 aliphatic rings. The van der Waals surface area contributed by atoms with Crippen LogP contribution in [0.2, 0.25) is 5.02 Å². The third-order valence-corrected chi connectivity index (χ3v) is 7.27. The lowest BCUT2D eigenvalue weighted by Gasteiger charge is -2.36. The lowest BCUT2D eigenvalue weighted by Crippen LogP contribution is -2.49. The third-order valence-electron chi connectivity index (χ3n) is 6.23. The van der Waals surface area contributed by atoms with Crippen LogP contribution in [-0.4, -0.2) is 63.9 Å². The van der Waals surface area contributed by atoms with Crippen LogP contribution in [-0.2, 0) is 11.2 Å². The zero-order valence-electron chi connectivity index (χ0n) is 20.3. The van der Waals surface area contributed by atoms with Gasteiger partial charge in [0.2, 0.25) is 11.0 Å². The molecule has 4 rings (SSSR count). The average molecular weight is 529 g/mol. The maximum atomic E-state index is 13.0. The number of piperazine rings is 1. The Balaban J connectivity index is 1.29. The van der Waals surface area contributed by atoms with Crippen molar-refractivity contribution in [3.63, 3.8) is 0 Å². The van der Waals surface area contributed by atoms with Gasteiger partial charge in [0, 0.05) is 86.0 Å². The Hall–Kier alpha value is -3.24. The molecule has 2 heterocycles. The second-order valence-electron chi connectivity index (χ2n) is 8.97. The highest BCUT2D eigenvalue weighted by atomic mass is 35.5. The SMILES string of the molecule is CC(C)N(CCC(=O)N1CCN(c2ccc([N+](=O)[O-])cc2)CC1)c1nc(Cc2ccc(Cl)cc2)ns1. The predicted octanol–water partition coefficient (Wildman–Crippen LogP) is 4.64. The zero-order chi connectivity index (χ0) is 25.7. The van der Waals surface area contributed by atoms with Crippen LogP contribution in [0, 0.1) is 10.1 Å². The second kappa shape index (κ2) is 11.7. The van der Waals surface area contributed by atoms with Gasteiger partial charge in [0.25, 0.3) is 5.69 Å². The van der Waals surface area contributed by atoms with Gasteiger partial charge in [-0.1, -0.05) is 23.7 Å². The summed E-state index contributed by atoms with van der Waals surface area (Å²) < 4.78 is 4.52. The molecule has 1 fully saturated rings. The first-order valence-electron chi connectivity index (χ1n) is 11.9. The molecule has 36 heavy (non-hydrogen) atoms. The standard InChI is InChI=1S/C25H29ClN6O3S/c1-18(2)31(25-27-23(28-36-25)17-19-3-5-20(26)6-4-19)12-11-24(33)30-15-13-29(14-16-30)21-7-9-22(10-8-21)32(34)35/h3-10,18H,11-17H2,1-2H3. The number of carbonyl (C=O) groups excluding carboxylic acids is 1. The van der Waals surface area contributed by atoms with Crippen LogP contribution in [0.25, 0.3) is 0 Å². The molecule has 0 bridgehead atoms. The van der Waals surface area contributed by atoms with E-state index in [2.05, 4.69) is 28.0 Å². The first-order valence-corrected chi connectivity index (χ1v) is 13.1. The van der Waals surface area contributed by atoms with E-state index in [-0.39, 0.29) is 17.6 Å². The number of carbonyl (C=O) groups is 1. The number of nitro benzene ring substituents is 1. The molecule has 1 amide bonds. The number of aromatic nitrogens is 2. The summed E-state index contributed by atoms with van der Waals surface area (Å²) >= 11 is 7.33. The summed E-state index contributed by atoms with van der Waals surface area (Å²) in [6.07, 6.45) is 1.04. The van der Waals surface area contributed by atoms with Crippen molar-refractivity contribution in [3.8, 4) is 0 Å². The zero-order valence-corrected chi connectivity index (χ0v) is 21.9. The number of nitrogens with zero attached hydrogens (tertiary/aromatic N) is 6. The number of halogens is 1. The monoisotopic (exact) mass is 528 g/mol. The van der Waals surface area contributed by atoms with E-state index in [0.29, 0.717) is 50.6 Å². The van der Waals surface area contributed by atoms with Crippen molar-refractivity contribution >= 4 is 45.5 Å². The maximum absolute atomic E-state index is 13.0. The molecular weight excluding hydrogens is 500 g/mol. The molecular formula is C25H29ClN6O3S. The highest BCUT2D eigenvalue weighted by Gasteiger charge is 2.23. The molecule has 1 aromatic heterocycles. The molecule has 0 unspecified atom stereocenters. The van der Waals surface area contributed by atoms with Crippen LogP contribution >= 0.6 is 23.1 Å². The molecule has 0 radical (unpaired) electrons. The second-order valence-corrected chi connectivity index (χ2v) is 10.1. The van der Waals surface area contributed by atoms with Crippen LogP contribution < -0.4 is 9.80 Å². The van der Waals surface area contributed by atoms with E-state index in [1.54, 1.807) is 12.1 Å². The molecule has 9 nitrogen and oxygen atoms in total. The number of amides is 1. The summed E-state index contributed by atoms with van der Waals surface area (Å²) in [5.41, 5.74) is 2.11. The third kappa shape index (κ3) is 6.50. The van der Waals surface area contributed by atoms with E-state index in [9.17, 15) is 14.9 Å². The summed E-state index contributed by atoms with van der Waals surface area (Å²) in [6.45, 7) is 7.41. The number of non-ortho nitro benzene ring substituents is 1. The quantitative estimate of drug-likeness (QED) is 0.295. The number of hydrogen-bond acceptors (Lipinski definition) is 8. The number of hydrogen-bond donors (Lipinski definition) is 0. The summed E-state index contributed by atoms with van der Waals surface area (Å²) in [4.78, 5) is 34.3. The lowest BCUT2D eigenvalue weighted by molar-refractivity contribution is -0.384. The van der Waals surface area contributed by atoms with E-state index in [0.717, 1.165) is 22.2 Å². The highest BCUT2D eigenvalue weighted by molar-refractivity contribution is 7.09. The fourth-order valence-electron chi connectivity index (χ4n) is 4.17. The van der Waals surface area contributed by atoms with E-state index < -0.39 is 4.92 Å². The van der Waals surface area contributed by atoms with Gasteiger partial charge in [0.15, 0.2) is 0 Å². The lowest BCUT2D eigenvalue weighted by atomic mass is 10.1. The van der Waals surface area contributed by atoms with Gasteiger partial charge in [0.1, 0.15) is 5.82 Å². The Bertz CT molecular complexity index is 1180. The number of rotatable bonds is 9.